The van der Waals surface area contributed by atoms with Crippen LogP contribution in [0.1, 0.15) is 11.7 Å². The first-order chi connectivity index (χ1) is 6.99. The quantitative estimate of drug-likeness (QED) is 0.774. The van der Waals surface area contributed by atoms with Gasteiger partial charge in [-0.2, -0.15) is 0 Å². The molecule has 0 aliphatic carbocycles. The third-order valence-corrected chi connectivity index (χ3v) is 2.49. The standard InChI is InChI=1S/C9H9BrO5/c1-15-8-4(6(11)9(13)14)2-3-5(10)7(8)12/h2-3,6,11-12H,1H3,(H,13,14). The second kappa shape index (κ2) is 4.50. The zero-order valence-electron chi connectivity index (χ0n) is 7.77. The molecule has 0 bridgehead atoms. The Bertz CT molecular complexity index is 390. The second-order valence-electron chi connectivity index (χ2n) is 2.76. The van der Waals surface area contributed by atoms with Crippen molar-refractivity contribution in [3.05, 3.63) is 22.2 Å². The minimum atomic E-state index is -1.72. The monoisotopic (exact) mass is 276 g/mol. The summed E-state index contributed by atoms with van der Waals surface area (Å²) in [4.78, 5) is 10.6. The molecule has 0 fully saturated rings. The number of hydrogen-bond donors (Lipinski definition) is 3. The van der Waals surface area contributed by atoms with Crippen LogP contribution in [0.25, 0.3) is 0 Å². The summed E-state index contributed by atoms with van der Waals surface area (Å²) in [7, 11) is 1.28. The fourth-order valence-electron chi connectivity index (χ4n) is 1.13. The lowest BCUT2D eigenvalue weighted by molar-refractivity contribution is -0.147. The van der Waals surface area contributed by atoms with Gasteiger partial charge in [0.25, 0.3) is 0 Å². The van der Waals surface area contributed by atoms with E-state index in [-0.39, 0.29) is 17.1 Å². The Kier molecular flexibility index (Phi) is 3.54. The molecule has 15 heavy (non-hydrogen) atoms. The highest BCUT2D eigenvalue weighted by Gasteiger charge is 2.23. The molecule has 0 saturated carbocycles. The van der Waals surface area contributed by atoms with Crippen molar-refractivity contribution in [3.63, 3.8) is 0 Å². The number of carbonyl (C=O) groups is 1. The van der Waals surface area contributed by atoms with Crippen LogP contribution in [0.5, 0.6) is 11.5 Å². The van der Waals surface area contributed by atoms with Crippen molar-refractivity contribution in [3.8, 4) is 11.5 Å². The second-order valence-corrected chi connectivity index (χ2v) is 3.61. The van der Waals surface area contributed by atoms with E-state index >= 15 is 0 Å². The maximum Gasteiger partial charge on any atom is 0.337 e. The van der Waals surface area contributed by atoms with Crippen molar-refractivity contribution in [2.45, 2.75) is 6.10 Å². The third kappa shape index (κ3) is 2.21. The van der Waals surface area contributed by atoms with E-state index in [0.717, 1.165) is 0 Å². The number of phenols is 1. The first kappa shape index (κ1) is 11.8. The molecule has 1 aromatic carbocycles. The van der Waals surface area contributed by atoms with Gasteiger partial charge in [-0.1, -0.05) is 6.07 Å². The third-order valence-electron chi connectivity index (χ3n) is 1.85. The predicted octanol–water partition coefficient (Wildman–Crippen LogP) is 1.28. The fourth-order valence-corrected chi connectivity index (χ4v) is 1.44. The molecule has 82 valence electrons. The Morgan fingerprint density at radius 3 is 2.60 bits per heavy atom. The molecule has 0 aliphatic heterocycles. The highest BCUT2D eigenvalue weighted by Crippen LogP contribution is 2.39. The molecule has 0 heterocycles. The number of carboxylic acids is 1. The highest BCUT2D eigenvalue weighted by atomic mass is 79.9. The van der Waals surface area contributed by atoms with Crippen molar-refractivity contribution < 1.29 is 24.9 Å². The van der Waals surface area contributed by atoms with E-state index in [2.05, 4.69) is 15.9 Å². The van der Waals surface area contributed by atoms with Gasteiger partial charge in [-0.3, -0.25) is 0 Å². The summed E-state index contributed by atoms with van der Waals surface area (Å²) in [6.45, 7) is 0. The largest absolute Gasteiger partial charge is 0.503 e. The van der Waals surface area contributed by atoms with E-state index in [1.807, 2.05) is 0 Å². The van der Waals surface area contributed by atoms with Crippen LogP contribution < -0.4 is 4.74 Å². The summed E-state index contributed by atoms with van der Waals surface area (Å²) < 4.78 is 5.19. The molecule has 1 atom stereocenters. The molecule has 5 nitrogen and oxygen atoms in total. The highest BCUT2D eigenvalue weighted by molar-refractivity contribution is 9.10. The minimum Gasteiger partial charge on any atom is -0.503 e. The number of benzene rings is 1. The fraction of sp³-hybridized carbons (Fsp3) is 0.222. The lowest BCUT2D eigenvalue weighted by atomic mass is 10.1. The van der Waals surface area contributed by atoms with E-state index in [0.29, 0.717) is 4.47 Å². The topological polar surface area (TPSA) is 87.0 Å². The van der Waals surface area contributed by atoms with Crippen LogP contribution >= 0.6 is 15.9 Å². The summed E-state index contributed by atoms with van der Waals surface area (Å²) in [5.41, 5.74) is 0.00528. The summed E-state index contributed by atoms with van der Waals surface area (Å²) in [5.74, 6) is -1.70. The summed E-state index contributed by atoms with van der Waals surface area (Å²) in [6.07, 6.45) is -1.72. The Labute approximate surface area is 94.1 Å². The molecule has 1 aromatic rings. The lowest BCUT2D eigenvalue weighted by Gasteiger charge is -2.13. The van der Waals surface area contributed by atoms with Gasteiger partial charge in [-0.05, 0) is 22.0 Å². The zero-order valence-corrected chi connectivity index (χ0v) is 9.35. The number of hydrogen-bond acceptors (Lipinski definition) is 4. The van der Waals surface area contributed by atoms with E-state index < -0.39 is 12.1 Å². The number of aromatic hydroxyl groups is 1. The van der Waals surface area contributed by atoms with Crippen LogP contribution in [-0.4, -0.2) is 28.4 Å². The van der Waals surface area contributed by atoms with E-state index in [1.165, 1.54) is 19.2 Å². The molecule has 0 spiro atoms. The lowest BCUT2D eigenvalue weighted by Crippen LogP contribution is -2.11. The summed E-state index contributed by atoms with van der Waals surface area (Å²) in [5, 5.41) is 27.5. The molecule has 0 radical (unpaired) electrons. The van der Waals surface area contributed by atoms with Gasteiger partial charge in [-0.15, -0.1) is 0 Å². The van der Waals surface area contributed by atoms with Crippen LogP contribution in [-0.2, 0) is 4.79 Å². The maximum absolute atomic E-state index is 10.6. The van der Waals surface area contributed by atoms with Crippen LogP contribution in [0.3, 0.4) is 0 Å². The SMILES string of the molecule is COc1c(C(O)C(=O)O)ccc(Br)c1O. The number of halogens is 1. The summed E-state index contributed by atoms with van der Waals surface area (Å²) >= 11 is 3.05. The van der Waals surface area contributed by atoms with Gasteiger partial charge in [0.15, 0.2) is 17.6 Å². The Morgan fingerprint density at radius 2 is 2.13 bits per heavy atom. The van der Waals surface area contributed by atoms with E-state index in [9.17, 15) is 15.0 Å². The van der Waals surface area contributed by atoms with Crippen LogP contribution in [0.15, 0.2) is 16.6 Å². The van der Waals surface area contributed by atoms with Crippen LogP contribution in [0.4, 0.5) is 0 Å². The van der Waals surface area contributed by atoms with Gasteiger partial charge < -0.3 is 20.1 Å². The average molecular weight is 277 g/mol. The molecule has 1 unspecified atom stereocenters. The van der Waals surface area contributed by atoms with Crippen LogP contribution in [0.2, 0.25) is 0 Å². The molecular formula is C9H9BrO5. The number of ether oxygens (including phenoxy) is 1. The number of aliphatic hydroxyl groups is 1. The number of aliphatic hydroxyl groups excluding tert-OH is 1. The molecule has 0 amide bonds. The molecular weight excluding hydrogens is 268 g/mol. The molecule has 0 saturated heterocycles. The van der Waals surface area contributed by atoms with Gasteiger partial charge >= 0.3 is 5.97 Å². The number of phenolic OH excluding ortho intramolecular Hbond substituents is 1. The van der Waals surface area contributed by atoms with E-state index in [1.54, 1.807) is 0 Å². The number of methoxy groups -OCH3 is 1. The van der Waals surface area contributed by atoms with Gasteiger partial charge in [0, 0.05) is 5.56 Å². The number of aliphatic carboxylic acids is 1. The molecule has 1 rings (SSSR count). The van der Waals surface area contributed by atoms with Gasteiger partial charge in [0.1, 0.15) is 0 Å². The Hall–Kier alpha value is -1.27. The normalized spacial score (nSPS) is 12.2. The molecule has 0 aliphatic rings. The van der Waals surface area contributed by atoms with Gasteiger partial charge in [0.2, 0.25) is 0 Å². The van der Waals surface area contributed by atoms with Crippen molar-refractivity contribution in [2.75, 3.05) is 7.11 Å². The first-order valence-electron chi connectivity index (χ1n) is 3.95. The van der Waals surface area contributed by atoms with Gasteiger partial charge in [-0.25, -0.2) is 4.79 Å². The molecule has 0 aromatic heterocycles. The Balaban J connectivity index is 3.30. The number of rotatable bonds is 3. The van der Waals surface area contributed by atoms with Crippen molar-refractivity contribution in [1.82, 2.24) is 0 Å². The first-order valence-corrected chi connectivity index (χ1v) is 4.74. The molecule has 6 heteroatoms. The minimum absolute atomic E-state index is 0.00528. The van der Waals surface area contributed by atoms with Crippen molar-refractivity contribution >= 4 is 21.9 Å². The van der Waals surface area contributed by atoms with Crippen molar-refractivity contribution in [2.24, 2.45) is 0 Å². The predicted molar refractivity (Wildman–Crippen MR) is 55.0 cm³/mol. The Morgan fingerprint density at radius 1 is 1.53 bits per heavy atom. The maximum atomic E-state index is 10.6. The van der Waals surface area contributed by atoms with Crippen LogP contribution in [0, 0.1) is 0 Å². The number of carboxylic acid groups (broad SMARTS) is 1. The van der Waals surface area contributed by atoms with Gasteiger partial charge in [0.05, 0.1) is 11.6 Å². The molecule has 3 N–H and O–H groups in total. The average Bonchev–Trinajstić information content (AvgIpc) is 2.20. The van der Waals surface area contributed by atoms with Crippen molar-refractivity contribution in [1.29, 1.82) is 0 Å². The zero-order chi connectivity index (χ0) is 11.6. The smallest absolute Gasteiger partial charge is 0.337 e. The summed E-state index contributed by atoms with van der Waals surface area (Å²) in [6, 6.07) is 2.79. The van der Waals surface area contributed by atoms with E-state index in [4.69, 9.17) is 9.84 Å².